The minimum absolute atomic E-state index is 0.00972. The summed E-state index contributed by atoms with van der Waals surface area (Å²) in [7, 11) is 1.24. The van der Waals surface area contributed by atoms with Crippen molar-refractivity contribution in [2.75, 3.05) is 7.11 Å². The summed E-state index contributed by atoms with van der Waals surface area (Å²) >= 11 is 0. The van der Waals surface area contributed by atoms with Gasteiger partial charge in [0.2, 0.25) is 6.29 Å². The number of aliphatic hydroxyl groups is 3. The number of halogens is 2. The molecule has 8 heteroatoms. The zero-order valence-electron chi connectivity index (χ0n) is 17.3. The number of rotatable bonds is 7. The van der Waals surface area contributed by atoms with Crippen molar-refractivity contribution in [3.05, 3.63) is 70.2 Å². The Morgan fingerprint density at radius 2 is 2.03 bits per heavy atom. The van der Waals surface area contributed by atoms with Crippen molar-refractivity contribution in [2.24, 2.45) is 0 Å². The molecule has 1 aromatic rings. The Hall–Kier alpha value is -2.71. The van der Waals surface area contributed by atoms with E-state index in [1.165, 1.54) is 32.2 Å². The topological polar surface area (TPSA) is 96.2 Å². The van der Waals surface area contributed by atoms with E-state index >= 15 is 0 Å². The third kappa shape index (κ3) is 4.55. The summed E-state index contributed by atoms with van der Waals surface area (Å²) in [6, 6.07) is 4.50. The molecule has 6 nitrogen and oxygen atoms in total. The van der Waals surface area contributed by atoms with E-state index in [0.29, 0.717) is 11.1 Å². The molecule has 2 rings (SSSR count). The van der Waals surface area contributed by atoms with Gasteiger partial charge in [0.1, 0.15) is 17.1 Å². The van der Waals surface area contributed by atoms with Crippen LogP contribution in [0.2, 0.25) is 0 Å². The van der Waals surface area contributed by atoms with Crippen molar-refractivity contribution in [3.8, 4) is 0 Å². The van der Waals surface area contributed by atoms with Crippen molar-refractivity contribution in [2.45, 2.75) is 51.4 Å². The van der Waals surface area contributed by atoms with E-state index in [2.05, 4.69) is 0 Å². The Labute approximate surface area is 173 Å². The van der Waals surface area contributed by atoms with Crippen LogP contribution in [-0.4, -0.2) is 40.3 Å². The van der Waals surface area contributed by atoms with Gasteiger partial charge in [-0.05, 0) is 42.7 Å². The first-order valence-electron chi connectivity index (χ1n) is 9.51. The van der Waals surface area contributed by atoms with Gasteiger partial charge in [0.15, 0.2) is 11.7 Å². The van der Waals surface area contributed by atoms with Crippen LogP contribution in [0.3, 0.4) is 0 Å². The SMILES string of the molecule is CC/C(O)=C(F)\C=C(/O)C(c1ccc(C(=O)OC)cc1C)C1(CC)C=C(F)C(O)O1. The molecule has 0 spiro atoms. The van der Waals surface area contributed by atoms with Crippen molar-refractivity contribution >= 4 is 5.97 Å². The highest BCUT2D eigenvalue weighted by molar-refractivity contribution is 5.89. The van der Waals surface area contributed by atoms with E-state index in [0.717, 1.165) is 12.2 Å². The maximum absolute atomic E-state index is 14.3. The number of ether oxygens (including phenoxy) is 2. The zero-order valence-corrected chi connectivity index (χ0v) is 17.3. The first-order chi connectivity index (χ1) is 14.1. The molecule has 3 N–H and O–H groups in total. The maximum atomic E-state index is 14.3. The number of benzene rings is 1. The van der Waals surface area contributed by atoms with Gasteiger partial charge in [-0.25, -0.2) is 13.6 Å². The molecule has 0 saturated carbocycles. The zero-order chi connectivity index (χ0) is 22.6. The van der Waals surface area contributed by atoms with Gasteiger partial charge in [-0.3, -0.25) is 0 Å². The molecule has 0 amide bonds. The van der Waals surface area contributed by atoms with Gasteiger partial charge >= 0.3 is 5.97 Å². The number of carbonyl (C=O) groups is 1. The van der Waals surface area contributed by atoms with Gasteiger partial charge in [-0.15, -0.1) is 0 Å². The van der Waals surface area contributed by atoms with E-state index in [9.17, 15) is 28.9 Å². The van der Waals surface area contributed by atoms with E-state index < -0.39 is 47.0 Å². The van der Waals surface area contributed by atoms with Crippen molar-refractivity contribution < 1.29 is 38.4 Å². The number of carbonyl (C=O) groups excluding carboxylic acids is 1. The third-order valence-corrected chi connectivity index (χ3v) is 5.17. The molecule has 164 valence electrons. The van der Waals surface area contributed by atoms with Gasteiger partial charge in [-0.2, -0.15) is 0 Å². The molecule has 1 aliphatic heterocycles. The Morgan fingerprint density at radius 1 is 1.37 bits per heavy atom. The molecule has 1 heterocycles. The van der Waals surface area contributed by atoms with Crippen LogP contribution in [0.1, 0.15) is 54.1 Å². The summed E-state index contributed by atoms with van der Waals surface area (Å²) in [6.07, 6.45) is 0.119. The largest absolute Gasteiger partial charge is 0.511 e. The molecular formula is C22H26F2O6. The number of esters is 1. The molecule has 3 atom stereocenters. The maximum Gasteiger partial charge on any atom is 0.337 e. The standard InChI is InChI=1S/C22H26F2O6/c1-5-17(25)15(23)10-18(26)19(22(6-2)11-16(24)21(28)30-22)14-8-7-13(9-12(14)3)20(27)29-4/h7-11,19,21,25-26,28H,5-6H2,1-4H3/b17-15-,18-10-. The molecule has 1 aliphatic rings. The number of hydrogen-bond acceptors (Lipinski definition) is 6. The summed E-state index contributed by atoms with van der Waals surface area (Å²) in [5, 5.41) is 30.3. The van der Waals surface area contributed by atoms with Gasteiger partial charge in [-0.1, -0.05) is 19.9 Å². The lowest BCUT2D eigenvalue weighted by Gasteiger charge is -2.36. The lowest BCUT2D eigenvalue weighted by molar-refractivity contribution is -0.143. The molecule has 0 aliphatic carbocycles. The van der Waals surface area contributed by atoms with Gasteiger partial charge < -0.3 is 24.8 Å². The fourth-order valence-electron chi connectivity index (χ4n) is 3.53. The molecule has 0 fully saturated rings. The molecule has 0 radical (unpaired) electrons. The average molecular weight is 424 g/mol. The average Bonchev–Trinajstić information content (AvgIpc) is 3.02. The second-order valence-electron chi connectivity index (χ2n) is 7.02. The van der Waals surface area contributed by atoms with E-state index in [1.807, 2.05) is 0 Å². The molecule has 3 unspecified atom stereocenters. The summed E-state index contributed by atoms with van der Waals surface area (Å²) in [5.41, 5.74) is -0.321. The fraction of sp³-hybridized carbons (Fsp3) is 0.409. The molecule has 0 aromatic heterocycles. The predicted octanol–water partition coefficient (Wildman–Crippen LogP) is 4.81. The Balaban J connectivity index is 2.69. The summed E-state index contributed by atoms with van der Waals surface area (Å²) in [4.78, 5) is 11.8. The summed E-state index contributed by atoms with van der Waals surface area (Å²) in [5.74, 6) is -4.76. The molecular weight excluding hydrogens is 398 g/mol. The van der Waals surface area contributed by atoms with E-state index in [4.69, 9.17) is 9.47 Å². The van der Waals surface area contributed by atoms with Crippen molar-refractivity contribution in [3.63, 3.8) is 0 Å². The van der Waals surface area contributed by atoms with Crippen LogP contribution in [0.15, 0.2) is 53.5 Å². The second kappa shape index (κ2) is 9.40. The van der Waals surface area contributed by atoms with Crippen LogP contribution in [-0.2, 0) is 9.47 Å². The third-order valence-electron chi connectivity index (χ3n) is 5.17. The highest BCUT2D eigenvalue weighted by Crippen LogP contribution is 2.46. The first-order valence-corrected chi connectivity index (χ1v) is 9.51. The second-order valence-corrected chi connectivity index (χ2v) is 7.02. The van der Waals surface area contributed by atoms with Crippen LogP contribution in [0, 0.1) is 6.92 Å². The molecule has 30 heavy (non-hydrogen) atoms. The van der Waals surface area contributed by atoms with Crippen LogP contribution in [0.4, 0.5) is 8.78 Å². The Bertz CT molecular complexity index is 905. The van der Waals surface area contributed by atoms with Crippen LogP contribution < -0.4 is 0 Å². The van der Waals surface area contributed by atoms with Gasteiger partial charge in [0.25, 0.3) is 0 Å². The number of aliphatic hydroxyl groups excluding tert-OH is 3. The quantitative estimate of drug-likeness (QED) is 0.330. The Morgan fingerprint density at radius 3 is 2.50 bits per heavy atom. The highest BCUT2D eigenvalue weighted by Gasteiger charge is 2.48. The summed E-state index contributed by atoms with van der Waals surface area (Å²) in [6.45, 7) is 4.86. The van der Waals surface area contributed by atoms with Crippen LogP contribution >= 0.6 is 0 Å². The van der Waals surface area contributed by atoms with Gasteiger partial charge in [0.05, 0.1) is 18.6 Å². The lowest BCUT2D eigenvalue weighted by atomic mass is 9.77. The normalized spacial score (nSPS) is 23.6. The monoisotopic (exact) mass is 424 g/mol. The lowest BCUT2D eigenvalue weighted by Crippen LogP contribution is -2.37. The van der Waals surface area contributed by atoms with Crippen molar-refractivity contribution in [1.82, 2.24) is 0 Å². The number of methoxy groups -OCH3 is 1. The number of hydrogen-bond donors (Lipinski definition) is 3. The molecule has 0 saturated heterocycles. The predicted molar refractivity (Wildman–Crippen MR) is 106 cm³/mol. The smallest absolute Gasteiger partial charge is 0.337 e. The van der Waals surface area contributed by atoms with E-state index in [1.54, 1.807) is 13.8 Å². The van der Waals surface area contributed by atoms with Crippen LogP contribution in [0.25, 0.3) is 0 Å². The number of allylic oxidation sites excluding steroid dienone is 3. The van der Waals surface area contributed by atoms with Crippen molar-refractivity contribution in [1.29, 1.82) is 0 Å². The fourth-order valence-corrected chi connectivity index (χ4v) is 3.53. The first kappa shape index (κ1) is 23.6. The molecule has 1 aromatic carbocycles. The number of aryl methyl sites for hydroxylation is 1. The Kier molecular flexibility index (Phi) is 7.39. The minimum Gasteiger partial charge on any atom is -0.511 e. The summed E-state index contributed by atoms with van der Waals surface area (Å²) < 4.78 is 38.5. The van der Waals surface area contributed by atoms with Gasteiger partial charge in [0, 0.05) is 12.5 Å². The minimum atomic E-state index is -1.82. The molecule has 0 bridgehead atoms. The highest BCUT2D eigenvalue weighted by atomic mass is 19.1. The van der Waals surface area contributed by atoms with Crippen LogP contribution in [0.5, 0.6) is 0 Å². The van der Waals surface area contributed by atoms with E-state index in [-0.39, 0.29) is 18.4 Å².